The number of hydrogen-bond acceptors (Lipinski definition) is 3. The molecule has 3 aromatic carbocycles. The zero-order chi connectivity index (χ0) is 18.1. The molecule has 1 aromatic heterocycles. The third-order valence-electron chi connectivity index (χ3n) is 5.20. The number of hydrogen-bond donors (Lipinski definition) is 2. The summed E-state index contributed by atoms with van der Waals surface area (Å²) in [6.45, 7) is 0.874. The number of nitrogens with one attached hydrogen (secondary N) is 2. The molecule has 0 radical (unpaired) electrons. The van der Waals surface area contributed by atoms with Crippen molar-refractivity contribution in [3.8, 4) is 11.5 Å². The predicted molar refractivity (Wildman–Crippen MR) is 107 cm³/mol. The predicted octanol–water partition coefficient (Wildman–Crippen LogP) is 4.61. The Hall–Kier alpha value is -3.11. The van der Waals surface area contributed by atoms with Crippen molar-refractivity contribution in [3.63, 3.8) is 0 Å². The van der Waals surface area contributed by atoms with Gasteiger partial charge in [-0.2, -0.15) is 0 Å². The molecule has 0 amide bonds. The first-order valence-electron chi connectivity index (χ1n) is 9.33. The molecule has 1 aliphatic rings. The third kappa shape index (κ3) is 3.44. The van der Waals surface area contributed by atoms with Gasteiger partial charge in [-0.05, 0) is 53.8 Å². The molecule has 0 atom stereocenters. The van der Waals surface area contributed by atoms with Crippen LogP contribution in [0.15, 0.2) is 73.1 Å². The fourth-order valence-electron chi connectivity index (χ4n) is 3.75. The summed E-state index contributed by atoms with van der Waals surface area (Å²) in [5, 5.41) is 3.68. The Kier molecular flexibility index (Phi) is 4.11. The standard InChI is InChI=1S/C23H21N3O/c1-2-4-18-12-19(11-17(18)3-1)24-14-16-5-7-20(8-6-16)27-21-9-10-22-23(13-21)26-15-25-22/h1-10,13,15,19,24H,11-12,14H2,(H,25,26). The van der Waals surface area contributed by atoms with Crippen LogP contribution in [0.1, 0.15) is 16.7 Å². The number of ether oxygens (including phenoxy) is 1. The van der Waals surface area contributed by atoms with Gasteiger partial charge in [-0.3, -0.25) is 0 Å². The zero-order valence-corrected chi connectivity index (χ0v) is 15.0. The van der Waals surface area contributed by atoms with E-state index >= 15 is 0 Å². The molecule has 4 nitrogen and oxygen atoms in total. The van der Waals surface area contributed by atoms with Crippen molar-refractivity contribution in [2.24, 2.45) is 0 Å². The van der Waals surface area contributed by atoms with E-state index in [1.54, 1.807) is 6.33 Å². The minimum Gasteiger partial charge on any atom is -0.457 e. The average Bonchev–Trinajstić information content (AvgIpc) is 3.33. The van der Waals surface area contributed by atoms with Crippen molar-refractivity contribution >= 4 is 11.0 Å². The first-order valence-corrected chi connectivity index (χ1v) is 9.33. The average molecular weight is 355 g/mol. The number of H-pyrrole nitrogens is 1. The fraction of sp³-hybridized carbons (Fsp3) is 0.174. The third-order valence-corrected chi connectivity index (χ3v) is 5.20. The van der Waals surface area contributed by atoms with Gasteiger partial charge < -0.3 is 15.0 Å². The summed E-state index contributed by atoms with van der Waals surface area (Å²) in [7, 11) is 0. The molecule has 1 aliphatic carbocycles. The highest BCUT2D eigenvalue weighted by atomic mass is 16.5. The molecule has 0 bridgehead atoms. The molecule has 1 heterocycles. The Labute approximate surface area is 158 Å². The van der Waals surface area contributed by atoms with Crippen molar-refractivity contribution in [1.82, 2.24) is 15.3 Å². The van der Waals surface area contributed by atoms with Gasteiger partial charge in [-0.25, -0.2) is 4.98 Å². The Morgan fingerprint density at radius 1 is 0.926 bits per heavy atom. The van der Waals surface area contributed by atoms with E-state index in [9.17, 15) is 0 Å². The van der Waals surface area contributed by atoms with E-state index in [2.05, 4.69) is 51.7 Å². The molecule has 4 heteroatoms. The monoisotopic (exact) mass is 355 g/mol. The van der Waals surface area contributed by atoms with Gasteiger partial charge in [0.1, 0.15) is 11.5 Å². The van der Waals surface area contributed by atoms with Gasteiger partial charge in [0.05, 0.1) is 17.4 Å². The highest BCUT2D eigenvalue weighted by Gasteiger charge is 2.19. The van der Waals surface area contributed by atoms with Crippen molar-refractivity contribution < 1.29 is 4.74 Å². The van der Waals surface area contributed by atoms with Gasteiger partial charge in [0, 0.05) is 18.7 Å². The molecule has 2 N–H and O–H groups in total. The summed E-state index contributed by atoms with van der Waals surface area (Å²) in [6.07, 6.45) is 3.93. The van der Waals surface area contributed by atoms with Crippen LogP contribution in [0.3, 0.4) is 0 Å². The second-order valence-corrected chi connectivity index (χ2v) is 7.08. The lowest BCUT2D eigenvalue weighted by Gasteiger charge is -2.12. The van der Waals surface area contributed by atoms with Crippen LogP contribution in [0.25, 0.3) is 11.0 Å². The molecular weight excluding hydrogens is 334 g/mol. The maximum absolute atomic E-state index is 5.96. The van der Waals surface area contributed by atoms with Crippen LogP contribution in [0.2, 0.25) is 0 Å². The number of fused-ring (bicyclic) bond motifs is 2. The maximum atomic E-state index is 5.96. The summed E-state index contributed by atoms with van der Waals surface area (Å²) in [5.74, 6) is 1.65. The van der Waals surface area contributed by atoms with Crippen LogP contribution in [-0.2, 0) is 19.4 Å². The summed E-state index contributed by atoms with van der Waals surface area (Å²) < 4.78 is 5.96. The summed E-state index contributed by atoms with van der Waals surface area (Å²) in [6, 6.07) is 23.4. The van der Waals surface area contributed by atoms with Crippen LogP contribution in [0.5, 0.6) is 11.5 Å². The van der Waals surface area contributed by atoms with E-state index in [0.717, 1.165) is 41.9 Å². The van der Waals surface area contributed by atoms with Crippen molar-refractivity contribution in [3.05, 3.63) is 89.7 Å². The topological polar surface area (TPSA) is 49.9 Å². The summed E-state index contributed by atoms with van der Waals surface area (Å²) in [5.41, 5.74) is 6.15. The highest BCUT2D eigenvalue weighted by Crippen LogP contribution is 2.25. The number of aromatic nitrogens is 2. The summed E-state index contributed by atoms with van der Waals surface area (Å²) in [4.78, 5) is 7.33. The molecule has 5 rings (SSSR count). The second-order valence-electron chi connectivity index (χ2n) is 7.08. The molecule has 0 fully saturated rings. The second kappa shape index (κ2) is 6.89. The molecule has 27 heavy (non-hydrogen) atoms. The van der Waals surface area contributed by atoms with Crippen molar-refractivity contribution in [2.75, 3.05) is 0 Å². The van der Waals surface area contributed by atoms with E-state index in [1.165, 1.54) is 16.7 Å². The molecular formula is C23H21N3O. The van der Waals surface area contributed by atoms with E-state index in [0.29, 0.717) is 6.04 Å². The van der Waals surface area contributed by atoms with E-state index < -0.39 is 0 Å². The Morgan fingerprint density at radius 2 is 1.67 bits per heavy atom. The maximum Gasteiger partial charge on any atom is 0.129 e. The minimum atomic E-state index is 0.527. The SMILES string of the molecule is c1ccc2c(c1)CC(NCc1ccc(Oc3ccc4nc[nH]c4c3)cc1)C2. The molecule has 0 saturated heterocycles. The number of imidazole rings is 1. The number of benzene rings is 3. The Bertz CT molecular complexity index is 1040. The first kappa shape index (κ1) is 16.1. The smallest absolute Gasteiger partial charge is 0.129 e. The van der Waals surface area contributed by atoms with E-state index in [4.69, 9.17) is 4.74 Å². The van der Waals surface area contributed by atoms with Crippen LogP contribution in [-0.4, -0.2) is 16.0 Å². The van der Waals surface area contributed by atoms with Crippen LogP contribution in [0.4, 0.5) is 0 Å². The first-order chi connectivity index (χ1) is 13.3. The fourth-order valence-corrected chi connectivity index (χ4v) is 3.75. The van der Waals surface area contributed by atoms with E-state index in [-0.39, 0.29) is 0 Å². The molecule has 0 unspecified atom stereocenters. The summed E-state index contributed by atoms with van der Waals surface area (Å²) >= 11 is 0. The van der Waals surface area contributed by atoms with Gasteiger partial charge >= 0.3 is 0 Å². The molecule has 0 saturated carbocycles. The lowest BCUT2D eigenvalue weighted by Crippen LogP contribution is -2.28. The van der Waals surface area contributed by atoms with Gasteiger partial charge in [0.15, 0.2) is 0 Å². The number of aromatic amines is 1. The van der Waals surface area contributed by atoms with Gasteiger partial charge in [0.25, 0.3) is 0 Å². The van der Waals surface area contributed by atoms with Crippen molar-refractivity contribution in [1.29, 1.82) is 0 Å². The lowest BCUT2D eigenvalue weighted by molar-refractivity contribution is 0.482. The normalized spacial score (nSPS) is 13.8. The molecule has 134 valence electrons. The number of rotatable bonds is 5. The lowest BCUT2D eigenvalue weighted by atomic mass is 10.1. The molecule has 0 aliphatic heterocycles. The highest BCUT2D eigenvalue weighted by molar-refractivity contribution is 5.76. The minimum absolute atomic E-state index is 0.527. The Balaban J connectivity index is 1.19. The van der Waals surface area contributed by atoms with E-state index in [1.807, 2.05) is 30.3 Å². The van der Waals surface area contributed by atoms with Gasteiger partial charge in [-0.15, -0.1) is 0 Å². The van der Waals surface area contributed by atoms with Gasteiger partial charge in [0.2, 0.25) is 0 Å². The van der Waals surface area contributed by atoms with Crippen LogP contribution in [0, 0.1) is 0 Å². The largest absolute Gasteiger partial charge is 0.457 e. The molecule has 4 aromatic rings. The Morgan fingerprint density at radius 3 is 2.44 bits per heavy atom. The zero-order valence-electron chi connectivity index (χ0n) is 15.0. The van der Waals surface area contributed by atoms with Crippen LogP contribution >= 0.6 is 0 Å². The van der Waals surface area contributed by atoms with Gasteiger partial charge in [-0.1, -0.05) is 36.4 Å². The van der Waals surface area contributed by atoms with Crippen LogP contribution < -0.4 is 10.1 Å². The number of nitrogens with zero attached hydrogens (tertiary/aromatic N) is 1. The molecule has 0 spiro atoms. The van der Waals surface area contributed by atoms with Crippen molar-refractivity contribution in [2.45, 2.75) is 25.4 Å². The quantitative estimate of drug-likeness (QED) is 0.549.